The number of nitrogens with two attached hydrogens (primary N) is 1. The molecule has 2 nitrogen and oxygen atoms in total. The summed E-state index contributed by atoms with van der Waals surface area (Å²) in [5, 5.41) is 0. The number of benzene rings is 2. The lowest BCUT2D eigenvalue weighted by molar-refractivity contribution is 0.352. The molecule has 2 N–H and O–H groups in total. The number of aryl methyl sites for hydroxylation is 1. The van der Waals surface area contributed by atoms with Crippen LogP contribution in [0.1, 0.15) is 28.3 Å². The lowest BCUT2D eigenvalue weighted by Crippen LogP contribution is -2.14. The van der Waals surface area contributed by atoms with Gasteiger partial charge in [0.2, 0.25) is 0 Å². The zero-order valence-electron chi connectivity index (χ0n) is 10.8. The minimum Gasteiger partial charge on any atom is -0.493 e. The van der Waals surface area contributed by atoms with Gasteiger partial charge in [-0.1, -0.05) is 36.4 Å². The van der Waals surface area contributed by atoms with Gasteiger partial charge < -0.3 is 10.5 Å². The van der Waals surface area contributed by atoms with Crippen LogP contribution in [0.25, 0.3) is 0 Å². The summed E-state index contributed by atoms with van der Waals surface area (Å²) in [5.41, 5.74) is 11.3. The lowest BCUT2D eigenvalue weighted by Gasteiger charge is -2.18. The van der Waals surface area contributed by atoms with Crippen molar-refractivity contribution in [3.8, 4) is 5.75 Å². The highest BCUT2D eigenvalue weighted by Gasteiger charge is 2.22. The van der Waals surface area contributed by atoms with Gasteiger partial charge in [-0.05, 0) is 46.2 Å². The van der Waals surface area contributed by atoms with Gasteiger partial charge in [-0.3, -0.25) is 0 Å². The predicted molar refractivity (Wildman–Crippen MR) is 85.6 cm³/mol. The second-order valence-corrected chi connectivity index (χ2v) is 5.97. The van der Waals surface area contributed by atoms with Gasteiger partial charge in [-0.25, -0.2) is 0 Å². The van der Waals surface area contributed by atoms with Crippen LogP contribution in [0, 0.1) is 10.5 Å². The van der Waals surface area contributed by atoms with E-state index in [1.165, 1.54) is 20.3 Å². The molecule has 1 aliphatic rings. The average Bonchev–Trinajstić information content (AvgIpc) is 2.89. The SMILES string of the molecule is Cc1cccc(C(N)c2cccc3c2OCC3)c1I. The smallest absolute Gasteiger partial charge is 0.127 e. The number of ether oxygens (including phenoxy) is 1. The molecule has 0 spiro atoms. The first-order valence-corrected chi connectivity index (χ1v) is 7.51. The van der Waals surface area contributed by atoms with Crippen LogP contribution in [0.2, 0.25) is 0 Å². The van der Waals surface area contributed by atoms with E-state index >= 15 is 0 Å². The van der Waals surface area contributed by atoms with Crippen molar-refractivity contribution in [3.05, 3.63) is 62.2 Å². The van der Waals surface area contributed by atoms with Crippen LogP contribution < -0.4 is 10.5 Å². The van der Waals surface area contributed by atoms with E-state index in [0.717, 1.165) is 24.3 Å². The van der Waals surface area contributed by atoms with Crippen molar-refractivity contribution in [1.29, 1.82) is 0 Å². The third kappa shape index (κ3) is 2.25. The van der Waals surface area contributed by atoms with Gasteiger partial charge in [0.25, 0.3) is 0 Å². The molecule has 0 aliphatic carbocycles. The van der Waals surface area contributed by atoms with Crippen molar-refractivity contribution in [2.24, 2.45) is 5.73 Å². The maximum Gasteiger partial charge on any atom is 0.127 e. The summed E-state index contributed by atoms with van der Waals surface area (Å²) >= 11 is 2.37. The van der Waals surface area contributed by atoms with Crippen LogP contribution in [0.15, 0.2) is 36.4 Å². The number of hydrogen-bond donors (Lipinski definition) is 1. The highest BCUT2D eigenvalue weighted by Crippen LogP contribution is 2.36. The van der Waals surface area contributed by atoms with Gasteiger partial charge in [0.05, 0.1) is 12.6 Å². The second kappa shape index (κ2) is 5.13. The van der Waals surface area contributed by atoms with Crippen molar-refractivity contribution in [2.45, 2.75) is 19.4 Å². The molecular weight excluding hydrogens is 349 g/mol. The molecule has 0 amide bonds. The Kier molecular flexibility index (Phi) is 3.50. The minimum atomic E-state index is -0.125. The van der Waals surface area contributed by atoms with E-state index in [9.17, 15) is 0 Å². The third-order valence-corrected chi connectivity index (χ3v) is 5.11. The second-order valence-electron chi connectivity index (χ2n) is 4.89. The topological polar surface area (TPSA) is 35.2 Å². The molecule has 98 valence electrons. The van der Waals surface area contributed by atoms with Crippen LogP contribution in [0.4, 0.5) is 0 Å². The summed E-state index contributed by atoms with van der Waals surface area (Å²) in [7, 11) is 0. The van der Waals surface area contributed by atoms with E-state index in [4.69, 9.17) is 10.5 Å². The molecule has 3 heteroatoms. The Labute approximate surface area is 127 Å². The summed E-state index contributed by atoms with van der Waals surface area (Å²) in [4.78, 5) is 0. The molecule has 2 aromatic carbocycles. The molecule has 1 atom stereocenters. The Morgan fingerprint density at radius 2 is 1.89 bits per heavy atom. The Morgan fingerprint density at radius 3 is 2.74 bits per heavy atom. The van der Waals surface area contributed by atoms with E-state index in [1.807, 2.05) is 0 Å². The van der Waals surface area contributed by atoms with E-state index in [2.05, 4.69) is 65.9 Å². The van der Waals surface area contributed by atoms with Crippen molar-refractivity contribution < 1.29 is 4.74 Å². The first kappa shape index (κ1) is 12.9. The standard InChI is InChI=1S/C16H16INO/c1-10-4-2-6-12(14(10)17)15(18)13-7-3-5-11-8-9-19-16(11)13/h2-7,15H,8-9,18H2,1H3. The maximum atomic E-state index is 6.47. The van der Waals surface area contributed by atoms with E-state index in [1.54, 1.807) is 0 Å². The molecule has 19 heavy (non-hydrogen) atoms. The minimum absolute atomic E-state index is 0.125. The zero-order chi connectivity index (χ0) is 13.4. The maximum absolute atomic E-state index is 6.47. The van der Waals surface area contributed by atoms with Crippen molar-refractivity contribution in [3.63, 3.8) is 0 Å². The van der Waals surface area contributed by atoms with Gasteiger partial charge in [0.1, 0.15) is 5.75 Å². The molecule has 0 aromatic heterocycles. The largest absolute Gasteiger partial charge is 0.493 e. The van der Waals surface area contributed by atoms with Gasteiger partial charge in [0, 0.05) is 15.6 Å². The van der Waals surface area contributed by atoms with E-state index in [-0.39, 0.29) is 6.04 Å². The Balaban J connectivity index is 2.08. The molecule has 1 unspecified atom stereocenters. The highest BCUT2D eigenvalue weighted by atomic mass is 127. The number of fused-ring (bicyclic) bond motifs is 1. The Morgan fingerprint density at radius 1 is 1.16 bits per heavy atom. The molecule has 1 aliphatic heterocycles. The average molecular weight is 365 g/mol. The predicted octanol–water partition coefficient (Wildman–Crippen LogP) is 3.58. The fourth-order valence-corrected chi connectivity index (χ4v) is 3.26. The number of hydrogen-bond acceptors (Lipinski definition) is 2. The summed E-state index contributed by atoms with van der Waals surface area (Å²) in [6.45, 7) is 2.88. The first-order valence-electron chi connectivity index (χ1n) is 6.43. The molecule has 0 bridgehead atoms. The molecule has 3 rings (SSSR count). The fourth-order valence-electron chi connectivity index (χ4n) is 2.56. The number of halogens is 1. The summed E-state index contributed by atoms with van der Waals surface area (Å²) in [6.07, 6.45) is 0.987. The normalized spacial score (nSPS) is 14.9. The lowest BCUT2D eigenvalue weighted by atomic mass is 9.95. The van der Waals surface area contributed by atoms with Crippen LogP contribution in [-0.4, -0.2) is 6.61 Å². The van der Waals surface area contributed by atoms with E-state index < -0.39 is 0 Å². The van der Waals surface area contributed by atoms with Crippen molar-refractivity contribution in [2.75, 3.05) is 6.61 Å². The molecule has 2 aromatic rings. The third-order valence-electron chi connectivity index (χ3n) is 3.64. The Bertz CT molecular complexity index is 624. The summed E-state index contributed by atoms with van der Waals surface area (Å²) in [6, 6.07) is 12.4. The van der Waals surface area contributed by atoms with E-state index in [0.29, 0.717) is 0 Å². The van der Waals surface area contributed by atoms with Crippen LogP contribution in [0.5, 0.6) is 5.75 Å². The zero-order valence-corrected chi connectivity index (χ0v) is 13.0. The molecular formula is C16H16INO. The molecule has 1 heterocycles. The van der Waals surface area contributed by atoms with Crippen LogP contribution in [-0.2, 0) is 6.42 Å². The van der Waals surface area contributed by atoms with Crippen LogP contribution in [0.3, 0.4) is 0 Å². The summed E-state index contributed by atoms with van der Waals surface area (Å²) in [5.74, 6) is 0.993. The number of para-hydroxylation sites is 1. The first-order chi connectivity index (χ1) is 9.18. The van der Waals surface area contributed by atoms with Gasteiger partial charge in [-0.2, -0.15) is 0 Å². The fraction of sp³-hybridized carbons (Fsp3) is 0.250. The quantitative estimate of drug-likeness (QED) is 0.826. The van der Waals surface area contributed by atoms with Crippen molar-refractivity contribution in [1.82, 2.24) is 0 Å². The monoisotopic (exact) mass is 365 g/mol. The Hall–Kier alpha value is -1.07. The van der Waals surface area contributed by atoms with Gasteiger partial charge in [0.15, 0.2) is 0 Å². The van der Waals surface area contributed by atoms with Crippen LogP contribution >= 0.6 is 22.6 Å². The highest BCUT2D eigenvalue weighted by molar-refractivity contribution is 14.1. The van der Waals surface area contributed by atoms with Gasteiger partial charge >= 0.3 is 0 Å². The molecule has 0 saturated heterocycles. The van der Waals surface area contributed by atoms with Crippen molar-refractivity contribution >= 4 is 22.6 Å². The van der Waals surface area contributed by atoms with Gasteiger partial charge in [-0.15, -0.1) is 0 Å². The summed E-state index contributed by atoms with van der Waals surface area (Å²) < 4.78 is 7.00. The molecule has 0 fully saturated rings. The molecule has 0 radical (unpaired) electrons. The number of rotatable bonds is 2. The molecule has 0 saturated carbocycles.